The Labute approximate surface area is 251 Å². The topological polar surface area (TPSA) is 106 Å². The second-order valence-electron chi connectivity index (χ2n) is 11.4. The molecule has 0 bridgehead atoms. The normalized spacial score (nSPS) is 22.6. The fourth-order valence-electron chi connectivity index (χ4n) is 5.36. The Balaban J connectivity index is 1.54. The van der Waals surface area contributed by atoms with Crippen LogP contribution in [0.5, 0.6) is 0 Å². The van der Waals surface area contributed by atoms with E-state index in [1.165, 1.54) is 19.2 Å². The van der Waals surface area contributed by atoms with Gasteiger partial charge >= 0.3 is 12.1 Å². The summed E-state index contributed by atoms with van der Waals surface area (Å²) in [6.07, 6.45) is 0.0608. The van der Waals surface area contributed by atoms with Gasteiger partial charge in [0.05, 0.1) is 44.2 Å². The van der Waals surface area contributed by atoms with Crippen LogP contribution in [0.2, 0.25) is 5.02 Å². The summed E-state index contributed by atoms with van der Waals surface area (Å²) in [5.41, 5.74) is -0.341. The zero-order valence-corrected chi connectivity index (χ0v) is 24.8. The lowest BCUT2D eigenvalue weighted by Gasteiger charge is -2.38. The summed E-state index contributed by atoms with van der Waals surface area (Å²) in [4.78, 5) is 38.1. The molecule has 43 heavy (non-hydrogen) atoms. The first kappa shape index (κ1) is 30.8. The number of rotatable bonds is 5. The number of benzene rings is 1. The maximum absolute atomic E-state index is 14.9. The number of morpholine rings is 1. The monoisotopic (exact) mass is 621 g/mol. The second kappa shape index (κ2) is 12.1. The van der Waals surface area contributed by atoms with E-state index in [2.05, 4.69) is 15.3 Å². The number of carbonyl (C=O) groups excluding carboxylic acids is 2. The number of aromatic nitrogens is 1. The Morgan fingerprint density at radius 1 is 1.16 bits per heavy atom. The van der Waals surface area contributed by atoms with Gasteiger partial charge in [-0.25, -0.2) is 27.7 Å². The van der Waals surface area contributed by atoms with Gasteiger partial charge in [-0.1, -0.05) is 17.7 Å². The van der Waals surface area contributed by atoms with Gasteiger partial charge in [-0.2, -0.15) is 0 Å². The number of pyridine rings is 1. The van der Waals surface area contributed by atoms with Crippen LogP contribution in [0.3, 0.4) is 0 Å². The number of carbonyl (C=O) groups is 2. The van der Waals surface area contributed by atoms with Crippen LogP contribution in [0, 0.1) is 17.5 Å². The van der Waals surface area contributed by atoms with Crippen molar-refractivity contribution in [1.29, 1.82) is 0 Å². The van der Waals surface area contributed by atoms with Gasteiger partial charge in [-0.3, -0.25) is 9.89 Å². The van der Waals surface area contributed by atoms with Crippen LogP contribution < -0.4 is 5.32 Å². The second-order valence-corrected chi connectivity index (χ2v) is 11.8. The maximum Gasteiger partial charge on any atom is 0.410 e. The molecule has 14 heteroatoms. The number of fused-ring (bicyclic) bond motifs is 1. The molecular formula is C29H31ClF3N5O5. The summed E-state index contributed by atoms with van der Waals surface area (Å²) in [6, 6.07) is 2.89. The fourth-order valence-corrected chi connectivity index (χ4v) is 5.63. The number of amidine groups is 1. The quantitative estimate of drug-likeness (QED) is 0.500. The number of esters is 1. The van der Waals surface area contributed by atoms with E-state index >= 15 is 0 Å². The van der Waals surface area contributed by atoms with Crippen molar-refractivity contribution in [1.82, 2.24) is 20.1 Å². The molecule has 3 atom stereocenters. The standard InChI is InChI=1S/C29H31ClF3N5O5/c1-29(2,3)43-28(40)38-13-21-22(14-38)42-8-7-37(21)12-20-23(27(39)41-4)24(17-6-5-15(31)9-18(17)30)36-26(35-20)25-19(33)10-16(32)11-34-25/h5-6,9-11,21-22,24H,7-8,12-14H2,1-4H3,(H,35,36)/t21-,22-,24?/m0/s1. The van der Waals surface area contributed by atoms with E-state index in [9.17, 15) is 22.8 Å². The highest BCUT2D eigenvalue weighted by atomic mass is 35.5. The smallest absolute Gasteiger partial charge is 0.410 e. The summed E-state index contributed by atoms with van der Waals surface area (Å²) >= 11 is 6.41. The Bertz CT molecular complexity index is 1500. The Morgan fingerprint density at radius 3 is 2.60 bits per heavy atom. The van der Waals surface area contributed by atoms with Crippen LogP contribution in [-0.2, 0) is 19.0 Å². The largest absolute Gasteiger partial charge is 0.466 e. The van der Waals surface area contributed by atoms with Gasteiger partial charge in [0, 0.05) is 42.0 Å². The van der Waals surface area contributed by atoms with E-state index in [0.29, 0.717) is 38.0 Å². The molecule has 1 aromatic heterocycles. The van der Waals surface area contributed by atoms with Crippen molar-refractivity contribution in [3.8, 4) is 0 Å². The maximum atomic E-state index is 14.9. The number of halogens is 4. The zero-order chi connectivity index (χ0) is 31.1. The summed E-state index contributed by atoms with van der Waals surface area (Å²) < 4.78 is 59.2. The molecule has 3 aliphatic rings. The van der Waals surface area contributed by atoms with Gasteiger partial charge in [0.25, 0.3) is 0 Å². The lowest BCUT2D eigenvalue weighted by molar-refractivity contribution is -0.136. The summed E-state index contributed by atoms with van der Waals surface area (Å²) in [5.74, 6) is -3.28. The van der Waals surface area contributed by atoms with Crippen LogP contribution in [0.25, 0.3) is 0 Å². The molecule has 10 nitrogen and oxygen atoms in total. The number of ether oxygens (including phenoxy) is 3. The number of nitrogens with one attached hydrogen (secondary N) is 1. The van der Waals surface area contributed by atoms with E-state index in [1.54, 1.807) is 25.7 Å². The number of nitrogens with zero attached hydrogens (tertiary/aromatic N) is 4. The van der Waals surface area contributed by atoms with E-state index in [-0.39, 0.29) is 46.4 Å². The number of hydrogen-bond acceptors (Lipinski definition) is 9. The van der Waals surface area contributed by atoms with Gasteiger partial charge in [0.2, 0.25) is 0 Å². The van der Waals surface area contributed by atoms with Gasteiger partial charge in [0.1, 0.15) is 29.0 Å². The van der Waals surface area contributed by atoms with Gasteiger partial charge in [-0.15, -0.1) is 0 Å². The minimum Gasteiger partial charge on any atom is -0.466 e. The number of methoxy groups -OCH3 is 1. The van der Waals surface area contributed by atoms with Crippen molar-refractivity contribution in [3.05, 3.63) is 75.5 Å². The molecule has 2 saturated heterocycles. The molecule has 0 saturated carbocycles. The first-order valence-corrected chi connectivity index (χ1v) is 14.0. The highest BCUT2D eigenvalue weighted by Gasteiger charge is 2.44. The molecule has 2 aromatic rings. The van der Waals surface area contributed by atoms with Crippen LogP contribution in [0.4, 0.5) is 18.0 Å². The molecule has 230 valence electrons. The molecule has 3 aliphatic heterocycles. The highest BCUT2D eigenvalue weighted by Crippen LogP contribution is 2.37. The van der Waals surface area contributed by atoms with E-state index in [1.807, 2.05) is 4.90 Å². The lowest BCUT2D eigenvalue weighted by Crippen LogP contribution is -2.53. The van der Waals surface area contributed by atoms with E-state index < -0.39 is 41.2 Å². The van der Waals surface area contributed by atoms with Crippen molar-refractivity contribution >= 4 is 29.5 Å². The van der Waals surface area contributed by atoms with Gasteiger partial charge < -0.3 is 24.4 Å². The number of aliphatic imine (C=N–C) groups is 1. The third-order valence-corrected chi connectivity index (χ3v) is 7.58. The predicted octanol–water partition coefficient (Wildman–Crippen LogP) is 3.99. The average Bonchev–Trinajstić information content (AvgIpc) is 3.37. The average molecular weight is 622 g/mol. The van der Waals surface area contributed by atoms with Crippen molar-refractivity contribution in [3.63, 3.8) is 0 Å². The Morgan fingerprint density at radius 2 is 1.93 bits per heavy atom. The third-order valence-electron chi connectivity index (χ3n) is 7.25. The van der Waals surface area contributed by atoms with Gasteiger partial charge in [-0.05, 0) is 32.9 Å². The molecule has 4 heterocycles. The Kier molecular flexibility index (Phi) is 8.68. The molecular weight excluding hydrogens is 591 g/mol. The molecule has 0 spiro atoms. The SMILES string of the molecule is COC(=O)C1=C(CN2CCO[C@H]3CN(C(=O)OC(C)(C)C)C[C@@H]32)NC(c2ncc(F)cc2F)=NC1c1ccc(F)cc1Cl. The van der Waals surface area contributed by atoms with Crippen LogP contribution in [-0.4, -0.2) is 90.3 Å². The van der Waals surface area contributed by atoms with Gasteiger partial charge in [0.15, 0.2) is 11.7 Å². The minimum atomic E-state index is -1.14. The van der Waals surface area contributed by atoms with Crippen molar-refractivity contribution < 1.29 is 37.0 Å². The van der Waals surface area contributed by atoms with Crippen LogP contribution in [0.1, 0.15) is 38.1 Å². The fraction of sp³-hybridized carbons (Fsp3) is 0.448. The molecule has 2 fully saturated rings. The number of likely N-dealkylation sites (tertiary alicyclic amines) is 1. The highest BCUT2D eigenvalue weighted by molar-refractivity contribution is 6.31. The van der Waals surface area contributed by atoms with Crippen molar-refractivity contribution in [2.45, 2.75) is 44.6 Å². The molecule has 0 radical (unpaired) electrons. The summed E-state index contributed by atoms with van der Waals surface area (Å²) in [5, 5.41) is 3.00. The van der Waals surface area contributed by atoms with Crippen LogP contribution in [0.15, 0.2) is 46.7 Å². The molecule has 0 aliphatic carbocycles. The molecule has 5 rings (SSSR count). The number of hydrogen-bond donors (Lipinski definition) is 1. The van der Waals surface area contributed by atoms with E-state index in [4.69, 9.17) is 25.8 Å². The molecule has 1 amide bonds. The van der Waals surface area contributed by atoms with E-state index in [0.717, 1.165) is 12.3 Å². The number of amides is 1. The first-order chi connectivity index (χ1) is 20.3. The lowest BCUT2D eigenvalue weighted by atomic mass is 9.94. The first-order valence-electron chi connectivity index (χ1n) is 13.6. The zero-order valence-electron chi connectivity index (χ0n) is 24.0. The van der Waals surface area contributed by atoms with Crippen molar-refractivity contribution in [2.75, 3.05) is 39.9 Å². The van der Waals surface area contributed by atoms with Crippen LogP contribution >= 0.6 is 11.6 Å². The summed E-state index contributed by atoms with van der Waals surface area (Å²) in [6.45, 7) is 6.89. The summed E-state index contributed by atoms with van der Waals surface area (Å²) in [7, 11) is 1.21. The minimum absolute atomic E-state index is 0.0153. The predicted molar refractivity (Wildman–Crippen MR) is 150 cm³/mol. The Hall–Kier alpha value is -3.68. The van der Waals surface area contributed by atoms with Crippen molar-refractivity contribution in [2.24, 2.45) is 4.99 Å². The third kappa shape index (κ3) is 6.63. The molecule has 1 aromatic carbocycles. The molecule has 1 N–H and O–H groups in total. The molecule has 1 unspecified atom stereocenters.